The maximum Gasteiger partial charge on any atom is 0.433 e. The summed E-state index contributed by atoms with van der Waals surface area (Å²) in [4.78, 5) is 3.56. The summed E-state index contributed by atoms with van der Waals surface area (Å²) < 4.78 is 38.8. The monoisotopic (exact) mass is 364 g/mol. The Balaban J connectivity index is 2.70. The second-order valence-electron chi connectivity index (χ2n) is 4.33. The molecule has 0 aliphatic heterocycles. The molecule has 0 N–H and O–H groups in total. The zero-order chi connectivity index (χ0) is 16.5. The summed E-state index contributed by atoms with van der Waals surface area (Å²) in [6, 6.07) is 6.72. The Bertz CT molecular complexity index is 767. The normalized spacial score (nSPS) is 11.3. The zero-order valence-corrected chi connectivity index (χ0v) is 12.9. The SMILES string of the molecule is N#CCc1cc(-c2cc(Cl)cc(Cl)c2Cl)nc(C(F)(F)F)c1. The van der Waals surface area contributed by atoms with Crippen LogP contribution in [0.1, 0.15) is 11.3 Å². The van der Waals surface area contributed by atoms with Gasteiger partial charge in [-0.25, -0.2) is 4.98 Å². The lowest BCUT2D eigenvalue weighted by Crippen LogP contribution is -2.09. The van der Waals surface area contributed by atoms with Crippen molar-refractivity contribution in [2.75, 3.05) is 0 Å². The predicted octanol–water partition coefficient (Wildman–Crippen LogP) is 5.79. The molecule has 1 aromatic carbocycles. The smallest absolute Gasteiger partial charge is 0.243 e. The van der Waals surface area contributed by atoms with Crippen LogP contribution in [0.4, 0.5) is 13.2 Å². The summed E-state index contributed by atoms with van der Waals surface area (Å²) in [5, 5.41) is 9.06. The van der Waals surface area contributed by atoms with Gasteiger partial charge in [0.25, 0.3) is 0 Å². The van der Waals surface area contributed by atoms with Crippen molar-refractivity contribution in [2.24, 2.45) is 0 Å². The van der Waals surface area contributed by atoms with E-state index in [0.29, 0.717) is 0 Å². The number of benzene rings is 1. The van der Waals surface area contributed by atoms with Crippen LogP contribution in [-0.2, 0) is 12.6 Å². The Labute approximate surface area is 139 Å². The molecule has 0 spiro atoms. The molecule has 0 amide bonds. The fourth-order valence-corrected chi connectivity index (χ4v) is 2.51. The molecule has 0 fully saturated rings. The molecular formula is C14H6Cl3F3N2. The van der Waals surface area contributed by atoms with Crippen LogP contribution in [0.2, 0.25) is 15.1 Å². The van der Waals surface area contributed by atoms with E-state index in [1.54, 1.807) is 6.07 Å². The first-order valence-electron chi connectivity index (χ1n) is 5.82. The molecule has 8 heteroatoms. The molecule has 22 heavy (non-hydrogen) atoms. The molecule has 0 unspecified atom stereocenters. The van der Waals surface area contributed by atoms with E-state index >= 15 is 0 Å². The molecule has 0 aliphatic carbocycles. The molecule has 0 atom stereocenters. The predicted molar refractivity (Wildman–Crippen MR) is 79.0 cm³/mol. The van der Waals surface area contributed by atoms with Crippen LogP contribution >= 0.6 is 34.8 Å². The van der Waals surface area contributed by atoms with Gasteiger partial charge in [0.1, 0.15) is 5.69 Å². The number of hydrogen-bond donors (Lipinski definition) is 0. The molecule has 0 saturated carbocycles. The summed E-state index contributed by atoms with van der Waals surface area (Å²) in [5.74, 6) is 0. The Morgan fingerprint density at radius 1 is 1.09 bits per heavy atom. The average Bonchev–Trinajstić information content (AvgIpc) is 2.42. The largest absolute Gasteiger partial charge is 0.433 e. The van der Waals surface area contributed by atoms with Gasteiger partial charge in [0.2, 0.25) is 0 Å². The molecule has 114 valence electrons. The third-order valence-corrected chi connectivity index (χ3v) is 3.75. The number of rotatable bonds is 2. The van der Waals surface area contributed by atoms with Gasteiger partial charge in [0.15, 0.2) is 0 Å². The lowest BCUT2D eigenvalue weighted by Gasteiger charge is -2.12. The van der Waals surface area contributed by atoms with Crippen molar-refractivity contribution in [1.29, 1.82) is 5.26 Å². The number of nitriles is 1. The fraction of sp³-hybridized carbons (Fsp3) is 0.143. The summed E-state index contributed by atoms with van der Waals surface area (Å²) >= 11 is 17.8. The van der Waals surface area contributed by atoms with Gasteiger partial charge >= 0.3 is 6.18 Å². The van der Waals surface area contributed by atoms with Crippen molar-refractivity contribution in [2.45, 2.75) is 12.6 Å². The van der Waals surface area contributed by atoms with Gasteiger partial charge in [0, 0.05) is 10.6 Å². The number of alkyl halides is 3. The van der Waals surface area contributed by atoms with Gasteiger partial charge < -0.3 is 0 Å². The summed E-state index contributed by atoms with van der Waals surface area (Å²) in [5.41, 5.74) is -0.812. The van der Waals surface area contributed by atoms with E-state index in [9.17, 15) is 13.2 Å². The van der Waals surface area contributed by atoms with E-state index < -0.39 is 11.9 Å². The summed E-state index contributed by atoms with van der Waals surface area (Å²) in [7, 11) is 0. The van der Waals surface area contributed by atoms with E-state index in [2.05, 4.69) is 4.98 Å². The van der Waals surface area contributed by atoms with Gasteiger partial charge in [-0.15, -0.1) is 0 Å². The molecule has 0 bridgehead atoms. The lowest BCUT2D eigenvalue weighted by molar-refractivity contribution is -0.141. The quantitative estimate of drug-likeness (QED) is 0.631. The summed E-state index contributed by atoms with van der Waals surface area (Å²) in [6.07, 6.45) is -4.83. The van der Waals surface area contributed by atoms with E-state index in [4.69, 9.17) is 40.1 Å². The Hall–Kier alpha value is -1.48. The van der Waals surface area contributed by atoms with E-state index in [0.717, 1.165) is 6.07 Å². The summed E-state index contributed by atoms with van der Waals surface area (Å²) in [6.45, 7) is 0. The third kappa shape index (κ3) is 3.64. The van der Waals surface area contributed by atoms with Crippen molar-refractivity contribution < 1.29 is 13.2 Å². The number of aromatic nitrogens is 1. The molecule has 0 aliphatic rings. The van der Waals surface area contributed by atoms with Crippen LogP contribution < -0.4 is 0 Å². The first-order valence-corrected chi connectivity index (χ1v) is 6.96. The van der Waals surface area contributed by atoms with Crippen LogP contribution in [0.5, 0.6) is 0 Å². The van der Waals surface area contributed by atoms with Crippen LogP contribution in [0.25, 0.3) is 11.3 Å². The van der Waals surface area contributed by atoms with E-state index in [1.165, 1.54) is 18.2 Å². The maximum absolute atomic E-state index is 12.9. The van der Waals surface area contributed by atoms with E-state index in [-0.39, 0.29) is 38.3 Å². The van der Waals surface area contributed by atoms with Gasteiger partial charge in [-0.3, -0.25) is 0 Å². The highest BCUT2D eigenvalue weighted by Crippen LogP contribution is 2.37. The van der Waals surface area contributed by atoms with Crippen molar-refractivity contribution in [3.8, 4) is 17.3 Å². The fourth-order valence-electron chi connectivity index (χ4n) is 1.81. The second kappa shape index (κ2) is 6.33. The minimum Gasteiger partial charge on any atom is -0.243 e. The highest BCUT2D eigenvalue weighted by molar-refractivity contribution is 6.45. The molecule has 2 rings (SSSR count). The molecule has 1 heterocycles. The van der Waals surface area contributed by atoms with Gasteiger partial charge in [-0.1, -0.05) is 34.8 Å². The zero-order valence-electron chi connectivity index (χ0n) is 10.7. The third-order valence-electron chi connectivity index (χ3n) is 2.73. The highest BCUT2D eigenvalue weighted by atomic mass is 35.5. The Morgan fingerprint density at radius 2 is 1.77 bits per heavy atom. The number of halogens is 6. The topological polar surface area (TPSA) is 36.7 Å². The highest BCUT2D eigenvalue weighted by Gasteiger charge is 2.33. The number of hydrogen-bond acceptors (Lipinski definition) is 2. The molecule has 0 radical (unpaired) electrons. The minimum absolute atomic E-state index is 0.0424. The van der Waals surface area contributed by atoms with Crippen LogP contribution in [0, 0.1) is 11.3 Å². The van der Waals surface area contributed by atoms with Crippen molar-refractivity contribution in [1.82, 2.24) is 4.98 Å². The molecule has 1 aromatic heterocycles. The lowest BCUT2D eigenvalue weighted by atomic mass is 10.1. The maximum atomic E-state index is 12.9. The van der Waals surface area contributed by atoms with Gasteiger partial charge in [-0.2, -0.15) is 18.4 Å². The molecular weight excluding hydrogens is 360 g/mol. The van der Waals surface area contributed by atoms with Crippen LogP contribution in [0.3, 0.4) is 0 Å². The molecule has 2 aromatic rings. The molecule has 2 nitrogen and oxygen atoms in total. The Kier molecular flexibility index (Phi) is 4.86. The number of nitrogens with zero attached hydrogens (tertiary/aromatic N) is 2. The standard InChI is InChI=1S/C14H6Cl3F3N2/c15-8-5-9(13(17)10(16)6-8)11-3-7(1-2-21)4-12(22-11)14(18,19)20/h3-6H,1H2. The first-order chi connectivity index (χ1) is 10.2. The van der Waals surface area contributed by atoms with Gasteiger partial charge in [0.05, 0.1) is 28.2 Å². The first kappa shape index (κ1) is 16.9. The minimum atomic E-state index is -4.64. The number of pyridine rings is 1. The average molecular weight is 366 g/mol. The van der Waals surface area contributed by atoms with Crippen LogP contribution in [-0.4, -0.2) is 4.98 Å². The van der Waals surface area contributed by atoms with Gasteiger partial charge in [-0.05, 0) is 29.8 Å². The Morgan fingerprint density at radius 3 is 2.36 bits per heavy atom. The second-order valence-corrected chi connectivity index (χ2v) is 5.55. The van der Waals surface area contributed by atoms with Crippen molar-refractivity contribution in [3.63, 3.8) is 0 Å². The molecule has 0 saturated heterocycles. The van der Waals surface area contributed by atoms with Crippen molar-refractivity contribution in [3.05, 3.63) is 50.6 Å². The van der Waals surface area contributed by atoms with Crippen molar-refractivity contribution >= 4 is 34.8 Å². The van der Waals surface area contributed by atoms with Crippen LogP contribution in [0.15, 0.2) is 24.3 Å². The van der Waals surface area contributed by atoms with E-state index in [1.807, 2.05) is 0 Å².